The topological polar surface area (TPSA) is 235 Å². The van der Waals surface area contributed by atoms with Crippen LogP contribution in [0.2, 0.25) is 0 Å². The molecule has 2 fully saturated rings. The van der Waals surface area contributed by atoms with E-state index >= 15 is 0 Å². The van der Waals surface area contributed by atoms with E-state index in [1.807, 2.05) is 101 Å². The van der Waals surface area contributed by atoms with Crippen molar-refractivity contribution in [1.82, 2.24) is 55.7 Å². The summed E-state index contributed by atoms with van der Waals surface area (Å²) in [5.74, 6) is -2.22. The van der Waals surface area contributed by atoms with Crippen molar-refractivity contribution in [2.45, 2.75) is 117 Å². The van der Waals surface area contributed by atoms with Crippen LogP contribution in [0.15, 0.2) is 64.1 Å². The number of amides is 4. The second-order valence-electron chi connectivity index (χ2n) is 18.2. The summed E-state index contributed by atoms with van der Waals surface area (Å²) in [5.41, 5.74) is 9.43. The Morgan fingerprint density at radius 2 is 1.29 bits per heavy atom. The second-order valence-corrected chi connectivity index (χ2v) is 19.9. The lowest BCUT2D eigenvalue weighted by atomic mass is 9.93. The highest BCUT2D eigenvalue weighted by Gasteiger charge is 2.46. The van der Waals surface area contributed by atoms with E-state index in [2.05, 4.69) is 45.9 Å². The molecule has 0 spiro atoms. The first-order valence-electron chi connectivity index (χ1n) is 22.8. The Morgan fingerprint density at radius 3 is 1.79 bits per heavy atom. The molecule has 20 heteroatoms. The molecule has 68 heavy (non-hydrogen) atoms. The van der Waals surface area contributed by atoms with Gasteiger partial charge in [-0.1, -0.05) is 81.4 Å². The van der Waals surface area contributed by atoms with Crippen molar-refractivity contribution in [3.63, 3.8) is 0 Å². The minimum absolute atomic E-state index is 0.0218. The van der Waals surface area contributed by atoms with Crippen molar-refractivity contribution >= 4 is 46.3 Å². The van der Waals surface area contributed by atoms with Crippen LogP contribution in [0.1, 0.15) is 98.3 Å². The van der Waals surface area contributed by atoms with Gasteiger partial charge in [-0.25, -0.2) is 9.97 Å². The van der Waals surface area contributed by atoms with Gasteiger partial charge in [0.2, 0.25) is 29.5 Å². The number of hydrogen-bond donors (Lipinski definition) is 4. The first kappa shape index (κ1) is 48.2. The highest BCUT2D eigenvalue weighted by atomic mass is 32.1. The number of aromatic nitrogens is 7. The standard InChI is InChI=1S/C48H57N11O7S2/c1-25(2)39(43-53-29(7)55-56-43)47(63)59-21-35(17-37(59)45(62)50-19-31-10-14-33(15-11-31)42-28(6)52-24-68-42)65-22-38-54-46(66-57-38)40(26(3)4)48(64)58-20-34(60)16-36(58)44(61)49-18-30-8-12-32(13-9-30)41-27(5)51-23-67-41/h8-15,23-26,34-37,39-40,60H,16-22H2,1-7H3,(H,49,61)(H,50,62)(H,53,55,56)/t34-,35-,36+,37+,39-,40-/m1/s1. The number of thiazole rings is 2. The maximum Gasteiger partial charge on any atom is 0.243 e. The largest absolute Gasteiger partial charge is 0.391 e. The summed E-state index contributed by atoms with van der Waals surface area (Å²) >= 11 is 3.14. The van der Waals surface area contributed by atoms with E-state index in [-0.39, 0.29) is 86.9 Å². The minimum atomic E-state index is -0.909. The third kappa shape index (κ3) is 10.7. The van der Waals surface area contributed by atoms with E-state index in [1.54, 1.807) is 34.5 Å². The first-order chi connectivity index (χ1) is 32.6. The fourth-order valence-corrected chi connectivity index (χ4v) is 10.6. The van der Waals surface area contributed by atoms with Crippen LogP contribution < -0.4 is 10.6 Å². The summed E-state index contributed by atoms with van der Waals surface area (Å²) in [6.45, 7) is 13.7. The first-order valence-corrected chi connectivity index (χ1v) is 24.6. The van der Waals surface area contributed by atoms with Crippen LogP contribution in [-0.4, -0.2) is 111 Å². The SMILES string of the molecule is Cc1nnc([C@H](C(=O)N2C[C@H](OCc3noc([C@H](C(=O)N4C[C@H](O)C[C@H]4C(=O)NCc4ccc(-c5scnc5C)cc4)C(C)C)n3)C[C@H]2C(=O)NCc2ccc(-c3scnc3C)cc2)C(C)C)[nH]1. The molecule has 2 aliphatic heterocycles. The molecule has 2 aliphatic rings. The number of carbonyl (C=O) groups is 4. The number of nitrogens with zero attached hydrogens (tertiary/aromatic N) is 8. The van der Waals surface area contributed by atoms with Gasteiger partial charge in [0.1, 0.15) is 42.2 Å². The quantitative estimate of drug-likeness (QED) is 0.0870. The lowest BCUT2D eigenvalue weighted by molar-refractivity contribution is -0.141. The lowest BCUT2D eigenvalue weighted by Gasteiger charge is -2.28. The molecule has 0 aliphatic carbocycles. The maximum absolute atomic E-state index is 14.4. The average molecular weight is 964 g/mol. The van der Waals surface area contributed by atoms with Crippen LogP contribution in [0.3, 0.4) is 0 Å². The molecule has 6 atom stereocenters. The number of aliphatic hydroxyl groups excluding tert-OH is 1. The number of nitrogens with one attached hydrogen (secondary N) is 3. The van der Waals surface area contributed by atoms with Gasteiger partial charge in [-0.15, -0.1) is 32.9 Å². The summed E-state index contributed by atoms with van der Waals surface area (Å²) in [5, 5.41) is 29.2. The summed E-state index contributed by atoms with van der Waals surface area (Å²) in [6, 6.07) is 14.1. The molecule has 0 unspecified atom stereocenters. The zero-order valence-corrected chi connectivity index (χ0v) is 40.8. The molecule has 6 aromatic rings. The molecule has 2 aromatic carbocycles. The number of ether oxygens (including phenoxy) is 1. The third-order valence-electron chi connectivity index (χ3n) is 12.5. The van der Waals surface area contributed by atoms with Crippen molar-refractivity contribution in [1.29, 1.82) is 0 Å². The second kappa shape index (κ2) is 21.0. The summed E-state index contributed by atoms with van der Waals surface area (Å²) in [4.78, 5) is 77.8. The molecule has 6 heterocycles. The van der Waals surface area contributed by atoms with Crippen LogP contribution in [0.4, 0.5) is 0 Å². The average Bonchev–Trinajstić information content (AvgIpc) is 4.19. The zero-order valence-electron chi connectivity index (χ0n) is 39.1. The van der Waals surface area contributed by atoms with Crippen molar-refractivity contribution in [3.05, 3.63) is 105 Å². The molecule has 0 radical (unpaired) electrons. The number of rotatable bonds is 17. The van der Waals surface area contributed by atoms with Gasteiger partial charge in [-0.05, 0) is 54.9 Å². The number of H-pyrrole nitrogens is 1. The summed E-state index contributed by atoms with van der Waals surface area (Å²) in [7, 11) is 0. The normalized spacial score (nSPS) is 19.2. The van der Waals surface area contributed by atoms with E-state index in [0.717, 1.165) is 43.4 Å². The Balaban J connectivity index is 0.915. The number of likely N-dealkylation sites (tertiary alicyclic amines) is 2. The molecule has 0 saturated carbocycles. The number of carbonyl (C=O) groups excluding carboxylic acids is 4. The van der Waals surface area contributed by atoms with Gasteiger partial charge < -0.3 is 39.8 Å². The molecule has 2 saturated heterocycles. The molecule has 18 nitrogen and oxygen atoms in total. The highest BCUT2D eigenvalue weighted by molar-refractivity contribution is 7.13. The maximum atomic E-state index is 14.4. The van der Waals surface area contributed by atoms with E-state index in [4.69, 9.17) is 9.26 Å². The van der Waals surface area contributed by atoms with Gasteiger partial charge >= 0.3 is 0 Å². The molecule has 0 bridgehead atoms. The molecular weight excluding hydrogens is 907 g/mol. The molecular formula is C48H57N11O7S2. The molecule has 358 valence electrons. The monoisotopic (exact) mass is 963 g/mol. The van der Waals surface area contributed by atoms with Crippen molar-refractivity contribution in [2.75, 3.05) is 13.1 Å². The van der Waals surface area contributed by atoms with Gasteiger partial charge in [0, 0.05) is 39.0 Å². The third-order valence-corrected chi connectivity index (χ3v) is 14.5. The molecule has 4 aromatic heterocycles. The fourth-order valence-electron chi connectivity index (χ4n) is 8.94. The number of β-amino-alcohol motifs (C(OH)–C–C–N with tert-alkyl or cyclic N) is 1. The van der Waals surface area contributed by atoms with Gasteiger partial charge in [-0.2, -0.15) is 4.98 Å². The van der Waals surface area contributed by atoms with Crippen LogP contribution >= 0.6 is 22.7 Å². The predicted molar refractivity (Wildman–Crippen MR) is 254 cm³/mol. The Morgan fingerprint density at radius 1 is 0.765 bits per heavy atom. The minimum Gasteiger partial charge on any atom is -0.391 e. The summed E-state index contributed by atoms with van der Waals surface area (Å²) < 4.78 is 12.0. The Hall–Kier alpha value is -6.22. The van der Waals surface area contributed by atoms with Crippen LogP contribution in [0.5, 0.6) is 0 Å². The number of aryl methyl sites for hydroxylation is 3. The van der Waals surface area contributed by atoms with E-state index < -0.39 is 42.0 Å². The van der Waals surface area contributed by atoms with Gasteiger partial charge in [0.15, 0.2) is 5.82 Å². The molecule has 4 N–H and O–H groups in total. The Kier molecular flexibility index (Phi) is 14.9. The molecule has 8 rings (SSSR count). The lowest BCUT2D eigenvalue weighted by Crippen LogP contribution is -2.48. The number of aliphatic hydroxyl groups is 1. The molecule has 4 amide bonds. The Bertz CT molecular complexity index is 2710. The van der Waals surface area contributed by atoms with Crippen molar-refractivity contribution < 1.29 is 33.5 Å². The number of hydrogen-bond acceptors (Lipinski definition) is 15. The van der Waals surface area contributed by atoms with E-state index in [1.165, 1.54) is 4.90 Å². The smallest absolute Gasteiger partial charge is 0.243 e. The highest BCUT2D eigenvalue weighted by Crippen LogP contribution is 2.33. The number of aromatic amines is 1. The van der Waals surface area contributed by atoms with E-state index in [9.17, 15) is 24.3 Å². The number of benzene rings is 2. The van der Waals surface area contributed by atoms with Crippen LogP contribution in [0, 0.1) is 32.6 Å². The van der Waals surface area contributed by atoms with Gasteiger partial charge in [-0.3, -0.25) is 19.2 Å². The summed E-state index contributed by atoms with van der Waals surface area (Å²) in [6.07, 6.45) is -1.17. The zero-order chi connectivity index (χ0) is 48.2. The van der Waals surface area contributed by atoms with Crippen LogP contribution in [-0.2, 0) is 43.6 Å². The van der Waals surface area contributed by atoms with Crippen molar-refractivity contribution in [3.8, 4) is 20.9 Å². The fraction of sp³-hybridized carbons (Fsp3) is 0.458. The predicted octanol–water partition coefficient (Wildman–Crippen LogP) is 5.62. The van der Waals surface area contributed by atoms with Crippen molar-refractivity contribution in [2.24, 2.45) is 11.8 Å². The van der Waals surface area contributed by atoms with Crippen LogP contribution in [0.25, 0.3) is 20.9 Å². The Labute approximate surface area is 402 Å². The van der Waals surface area contributed by atoms with Gasteiger partial charge in [0.05, 0.1) is 44.4 Å². The van der Waals surface area contributed by atoms with E-state index in [0.29, 0.717) is 11.6 Å². The van der Waals surface area contributed by atoms with Gasteiger partial charge in [0.25, 0.3) is 0 Å².